The first kappa shape index (κ1) is 12.7. The van der Waals surface area contributed by atoms with Crippen molar-refractivity contribution in [2.45, 2.75) is 25.8 Å². The van der Waals surface area contributed by atoms with E-state index in [0.717, 1.165) is 18.5 Å². The van der Waals surface area contributed by atoms with E-state index in [1.54, 1.807) is 0 Å². The summed E-state index contributed by atoms with van der Waals surface area (Å²) in [5, 5.41) is 5.92. The molecular formula is C17H18N2O. The van der Waals surface area contributed by atoms with Crippen LogP contribution in [0.3, 0.4) is 0 Å². The molecule has 2 amide bonds. The van der Waals surface area contributed by atoms with Crippen molar-refractivity contribution in [3.8, 4) is 0 Å². The second-order valence-corrected chi connectivity index (χ2v) is 5.25. The number of carbonyl (C=O) groups excluding carboxylic acids is 1. The lowest BCUT2D eigenvalue weighted by Gasteiger charge is -2.15. The Hall–Kier alpha value is -2.29. The van der Waals surface area contributed by atoms with Crippen LogP contribution in [-0.2, 0) is 6.42 Å². The van der Waals surface area contributed by atoms with Crippen molar-refractivity contribution in [3.05, 3.63) is 65.2 Å². The van der Waals surface area contributed by atoms with Crippen LogP contribution in [0.1, 0.15) is 29.2 Å². The maximum atomic E-state index is 12.0. The molecule has 2 aromatic carbocycles. The Morgan fingerprint density at radius 3 is 2.65 bits per heavy atom. The van der Waals surface area contributed by atoms with Crippen LogP contribution in [0.4, 0.5) is 10.5 Å². The topological polar surface area (TPSA) is 41.1 Å². The number of hydrogen-bond donors (Lipinski definition) is 2. The quantitative estimate of drug-likeness (QED) is 0.852. The molecule has 0 saturated carbocycles. The van der Waals surface area contributed by atoms with Crippen LogP contribution in [-0.4, -0.2) is 6.03 Å². The van der Waals surface area contributed by atoms with Gasteiger partial charge < -0.3 is 10.6 Å². The first-order valence-electron chi connectivity index (χ1n) is 6.94. The Morgan fingerprint density at radius 2 is 1.85 bits per heavy atom. The number of amides is 2. The van der Waals surface area contributed by atoms with E-state index < -0.39 is 0 Å². The van der Waals surface area contributed by atoms with Crippen molar-refractivity contribution in [1.82, 2.24) is 5.32 Å². The zero-order valence-electron chi connectivity index (χ0n) is 11.5. The van der Waals surface area contributed by atoms with Gasteiger partial charge in [0, 0.05) is 5.69 Å². The van der Waals surface area contributed by atoms with E-state index in [1.807, 2.05) is 43.3 Å². The number of carbonyl (C=O) groups is 1. The van der Waals surface area contributed by atoms with Gasteiger partial charge in [-0.25, -0.2) is 4.79 Å². The van der Waals surface area contributed by atoms with Crippen LogP contribution < -0.4 is 10.6 Å². The summed E-state index contributed by atoms with van der Waals surface area (Å²) < 4.78 is 0. The van der Waals surface area contributed by atoms with Crippen molar-refractivity contribution in [3.63, 3.8) is 0 Å². The van der Waals surface area contributed by atoms with Crippen LogP contribution in [0, 0.1) is 6.92 Å². The molecule has 0 radical (unpaired) electrons. The van der Waals surface area contributed by atoms with Crippen LogP contribution in [0.5, 0.6) is 0 Å². The zero-order valence-corrected chi connectivity index (χ0v) is 11.5. The molecule has 0 unspecified atom stereocenters. The van der Waals surface area contributed by atoms with Gasteiger partial charge in [0.2, 0.25) is 0 Å². The number of aryl methyl sites for hydroxylation is 2. The molecule has 0 fully saturated rings. The van der Waals surface area contributed by atoms with Gasteiger partial charge in [0.25, 0.3) is 0 Å². The standard InChI is InChI=1S/C17H18N2O/c1-12-6-9-14(10-7-12)18-17(20)19-16-11-8-13-4-2-3-5-15(13)16/h2-7,9-10,16H,8,11H2,1H3,(H2,18,19,20)/t16-/m1/s1. The highest BCUT2D eigenvalue weighted by molar-refractivity contribution is 5.89. The van der Waals surface area contributed by atoms with Crippen LogP contribution >= 0.6 is 0 Å². The smallest absolute Gasteiger partial charge is 0.319 e. The SMILES string of the molecule is Cc1ccc(NC(=O)N[C@@H]2CCc3ccccc32)cc1. The predicted molar refractivity (Wildman–Crippen MR) is 80.8 cm³/mol. The van der Waals surface area contributed by atoms with E-state index in [-0.39, 0.29) is 12.1 Å². The maximum Gasteiger partial charge on any atom is 0.319 e. The fraction of sp³-hybridized carbons (Fsp3) is 0.235. The molecule has 102 valence electrons. The van der Waals surface area contributed by atoms with Crippen molar-refractivity contribution < 1.29 is 4.79 Å². The third kappa shape index (κ3) is 2.67. The number of benzene rings is 2. The van der Waals surface area contributed by atoms with Gasteiger partial charge in [-0.1, -0.05) is 42.0 Å². The minimum absolute atomic E-state index is 0.122. The van der Waals surface area contributed by atoms with Crippen LogP contribution in [0.15, 0.2) is 48.5 Å². The molecule has 2 N–H and O–H groups in total. The van der Waals surface area contributed by atoms with Gasteiger partial charge in [-0.3, -0.25) is 0 Å². The molecule has 0 spiro atoms. The summed E-state index contributed by atoms with van der Waals surface area (Å²) in [7, 11) is 0. The van der Waals surface area contributed by atoms with E-state index in [2.05, 4.69) is 22.8 Å². The van der Waals surface area contributed by atoms with E-state index in [4.69, 9.17) is 0 Å². The average Bonchev–Trinajstić information content (AvgIpc) is 2.85. The van der Waals surface area contributed by atoms with Gasteiger partial charge in [0.15, 0.2) is 0 Å². The number of hydrogen-bond acceptors (Lipinski definition) is 1. The normalized spacial score (nSPS) is 16.6. The number of fused-ring (bicyclic) bond motifs is 1. The summed E-state index contributed by atoms with van der Waals surface area (Å²) in [5.74, 6) is 0. The monoisotopic (exact) mass is 266 g/mol. The molecule has 3 nitrogen and oxygen atoms in total. The molecule has 0 saturated heterocycles. The minimum atomic E-state index is -0.143. The highest BCUT2D eigenvalue weighted by Gasteiger charge is 2.23. The predicted octanol–water partition coefficient (Wildman–Crippen LogP) is 3.80. The molecular weight excluding hydrogens is 248 g/mol. The van der Waals surface area contributed by atoms with E-state index in [1.165, 1.54) is 16.7 Å². The molecule has 0 aliphatic heterocycles. The third-order valence-electron chi connectivity index (χ3n) is 3.75. The van der Waals surface area contributed by atoms with Crippen molar-refractivity contribution in [2.24, 2.45) is 0 Å². The lowest BCUT2D eigenvalue weighted by Crippen LogP contribution is -2.31. The number of nitrogens with one attached hydrogen (secondary N) is 2. The lowest BCUT2D eigenvalue weighted by atomic mass is 10.1. The molecule has 3 rings (SSSR count). The molecule has 2 aromatic rings. The van der Waals surface area contributed by atoms with Gasteiger partial charge in [-0.05, 0) is 43.0 Å². The molecule has 3 heteroatoms. The Morgan fingerprint density at radius 1 is 1.10 bits per heavy atom. The first-order valence-corrected chi connectivity index (χ1v) is 6.94. The van der Waals surface area contributed by atoms with E-state index >= 15 is 0 Å². The Bertz CT molecular complexity index is 619. The molecule has 20 heavy (non-hydrogen) atoms. The van der Waals surface area contributed by atoms with E-state index in [9.17, 15) is 4.79 Å². The van der Waals surface area contributed by atoms with E-state index in [0.29, 0.717) is 0 Å². The average molecular weight is 266 g/mol. The summed E-state index contributed by atoms with van der Waals surface area (Å²) in [5.41, 5.74) is 4.58. The highest BCUT2D eigenvalue weighted by atomic mass is 16.2. The fourth-order valence-corrected chi connectivity index (χ4v) is 2.67. The minimum Gasteiger partial charge on any atom is -0.331 e. The summed E-state index contributed by atoms with van der Waals surface area (Å²) in [6.45, 7) is 2.03. The van der Waals surface area contributed by atoms with Gasteiger partial charge >= 0.3 is 6.03 Å². The zero-order chi connectivity index (χ0) is 13.9. The number of anilines is 1. The molecule has 0 aromatic heterocycles. The third-order valence-corrected chi connectivity index (χ3v) is 3.75. The molecule has 1 atom stereocenters. The summed E-state index contributed by atoms with van der Waals surface area (Å²) in [6, 6.07) is 16.1. The van der Waals surface area contributed by atoms with Crippen molar-refractivity contribution in [2.75, 3.05) is 5.32 Å². The number of urea groups is 1. The Labute approximate surface area is 119 Å². The van der Waals surface area contributed by atoms with Crippen molar-refractivity contribution >= 4 is 11.7 Å². The largest absolute Gasteiger partial charge is 0.331 e. The van der Waals surface area contributed by atoms with Crippen molar-refractivity contribution in [1.29, 1.82) is 0 Å². The molecule has 1 aliphatic rings. The fourth-order valence-electron chi connectivity index (χ4n) is 2.67. The van der Waals surface area contributed by atoms with Gasteiger partial charge in [-0.15, -0.1) is 0 Å². The molecule has 1 aliphatic carbocycles. The number of rotatable bonds is 2. The maximum absolute atomic E-state index is 12.0. The lowest BCUT2D eigenvalue weighted by molar-refractivity contribution is 0.248. The van der Waals surface area contributed by atoms with Crippen LogP contribution in [0.2, 0.25) is 0 Å². The Kier molecular flexibility index (Phi) is 3.42. The second-order valence-electron chi connectivity index (χ2n) is 5.25. The second kappa shape index (κ2) is 5.37. The highest BCUT2D eigenvalue weighted by Crippen LogP contribution is 2.30. The first-order chi connectivity index (χ1) is 9.72. The van der Waals surface area contributed by atoms with Gasteiger partial charge in [0.05, 0.1) is 6.04 Å². The summed E-state index contributed by atoms with van der Waals surface area (Å²) in [4.78, 5) is 12.0. The van der Waals surface area contributed by atoms with Crippen LogP contribution in [0.25, 0.3) is 0 Å². The summed E-state index contributed by atoms with van der Waals surface area (Å²) in [6.07, 6.45) is 2.01. The molecule has 0 bridgehead atoms. The summed E-state index contributed by atoms with van der Waals surface area (Å²) >= 11 is 0. The molecule has 0 heterocycles. The van der Waals surface area contributed by atoms with Gasteiger partial charge in [-0.2, -0.15) is 0 Å². The van der Waals surface area contributed by atoms with Gasteiger partial charge in [0.1, 0.15) is 0 Å². The Balaban J connectivity index is 1.64.